The van der Waals surface area contributed by atoms with E-state index in [4.69, 9.17) is 10.5 Å². The first kappa shape index (κ1) is 14.8. The summed E-state index contributed by atoms with van der Waals surface area (Å²) in [5, 5.41) is 0. The van der Waals surface area contributed by atoms with E-state index in [-0.39, 0.29) is 23.7 Å². The lowest BCUT2D eigenvalue weighted by molar-refractivity contribution is -0.137. The number of rotatable bonds is 3. The van der Waals surface area contributed by atoms with Crippen molar-refractivity contribution in [3.05, 3.63) is 29.8 Å². The fourth-order valence-electron chi connectivity index (χ4n) is 1.45. The van der Waals surface area contributed by atoms with E-state index in [1.807, 2.05) is 0 Å². The van der Waals surface area contributed by atoms with Gasteiger partial charge in [-0.15, -0.1) is 0 Å². The number of nitrogens with two attached hydrogens (primary N) is 1. The summed E-state index contributed by atoms with van der Waals surface area (Å²) in [5.74, 6) is 0.111. The Morgan fingerprint density at radius 1 is 1.14 bits per heavy atom. The lowest BCUT2D eigenvalue weighted by Gasteiger charge is -2.12. The topological polar surface area (TPSA) is 77.2 Å². The summed E-state index contributed by atoms with van der Waals surface area (Å²) < 4.78 is 43.1. The van der Waals surface area contributed by atoms with Crippen LogP contribution < -0.4 is 15.4 Å². The van der Waals surface area contributed by atoms with Crippen molar-refractivity contribution in [2.24, 2.45) is 0 Å². The van der Waals surface area contributed by atoms with Crippen LogP contribution in [0.5, 0.6) is 11.8 Å². The number of benzene rings is 1. The Balaban J connectivity index is 2.30. The maximum Gasteiger partial charge on any atom is 0.416 e. The van der Waals surface area contributed by atoms with Crippen molar-refractivity contribution in [2.45, 2.75) is 6.18 Å². The van der Waals surface area contributed by atoms with Gasteiger partial charge in [-0.25, -0.2) is 0 Å². The molecule has 0 aliphatic rings. The Bertz CT molecular complexity index is 645. The molecule has 0 unspecified atom stereocenters. The fourth-order valence-corrected chi connectivity index (χ4v) is 1.45. The van der Waals surface area contributed by atoms with Gasteiger partial charge < -0.3 is 15.4 Å². The van der Waals surface area contributed by atoms with Crippen molar-refractivity contribution in [1.82, 2.24) is 15.0 Å². The molecular formula is C12H12F3N5O. The van der Waals surface area contributed by atoms with E-state index in [1.54, 1.807) is 19.0 Å². The Labute approximate surface area is 118 Å². The molecule has 2 rings (SSSR count). The second kappa shape index (κ2) is 5.43. The third-order valence-corrected chi connectivity index (χ3v) is 2.39. The molecule has 112 valence electrons. The van der Waals surface area contributed by atoms with Crippen LogP contribution in [0, 0.1) is 0 Å². The van der Waals surface area contributed by atoms with Gasteiger partial charge in [0.1, 0.15) is 5.75 Å². The molecule has 0 bridgehead atoms. The summed E-state index contributed by atoms with van der Waals surface area (Å²) in [5.41, 5.74) is 4.68. The van der Waals surface area contributed by atoms with Crippen molar-refractivity contribution in [2.75, 3.05) is 24.7 Å². The number of nitrogens with zero attached hydrogens (tertiary/aromatic N) is 4. The van der Waals surface area contributed by atoms with Crippen LogP contribution >= 0.6 is 0 Å². The number of hydrogen-bond donors (Lipinski definition) is 1. The van der Waals surface area contributed by atoms with E-state index >= 15 is 0 Å². The highest BCUT2D eigenvalue weighted by Gasteiger charge is 2.30. The van der Waals surface area contributed by atoms with Gasteiger partial charge >= 0.3 is 12.2 Å². The average Bonchev–Trinajstić information content (AvgIpc) is 2.37. The largest absolute Gasteiger partial charge is 0.424 e. The maximum atomic E-state index is 12.6. The SMILES string of the molecule is CN(C)c1nc(N)nc(Oc2cccc(C(F)(F)F)c2)n1. The van der Waals surface area contributed by atoms with Crippen LogP contribution in [0.3, 0.4) is 0 Å². The number of anilines is 2. The summed E-state index contributed by atoms with van der Waals surface area (Å²) in [4.78, 5) is 13.1. The number of hydrogen-bond acceptors (Lipinski definition) is 6. The molecule has 0 saturated carbocycles. The molecule has 0 saturated heterocycles. The van der Waals surface area contributed by atoms with E-state index in [0.29, 0.717) is 0 Å². The summed E-state index contributed by atoms with van der Waals surface area (Å²) in [6.45, 7) is 0. The van der Waals surface area contributed by atoms with Gasteiger partial charge in [0.05, 0.1) is 5.56 Å². The van der Waals surface area contributed by atoms with Crippen LogP contribution in [0.2, 0.25) is 0 Å². The van der Waals surface area contributed by atoms with E-state index in [0.717, 1.165) is 12.1 Å². The van der Waals surface area contributed by atoms with Crippen LogP contribution in [0.25, 0.3) is 0 Å². The minimum atomic E-state index is -4.45. The Morgan fingerprint density at radius 3 is 2.48 bits per heavy atom. The maximum absolute atomic E-state index is 12.6. The zero-order chi connectivity index (χ0) is 15.6. The van der Waals surface area contributed by atoms with Crippen molar-refractivity contribution in [1.29, 1.82) is 0 Å². The predicted molar refractivity (Wildman–Crippen MR) is 70.1 cm³/mol. The normalized spacial score (nSPS) is 11.3. The monoisotopic (exact) mass is 299 g/mol. The average molecular weight is 299 g/mol. The highest BCUT2D eigenvalue weighted by Crippen LogP contribution is 2.32. The Morgan fingerprint density at radius 2 is 1.86 bits per heavy atom. The summed E-state index contributed by atoms with van der Waals surface area (Å²) >= 11 is 0. The highest BCUT2D eigenvalue weighted by atomic mass is 19.4. The first-order valence-corrected chi connectivity index (χ1v) is 5.79. The second-order valence-electron chi connectivity index (χ2n) is 4.30. The van der Waals surface area contributed by atoms with Gasteiger partial charge in [-0.3, -0.25) is 0 Å². The summed E-state index contributed by atoms with van der Waals surface area (Å²) in [6.07, 6.45) is -4.45. The number of ether oxygens (including phenoxy) is 1. The molecule has 0 radical (unpaired) electrons. The van der Waals surface area contributed by atoms with Crippen molar-refractivity contribution < 1.29 is 17.9 Å². The van der Waals surface area contributed by atoms with Gasteiger partial charge in [-0.1, -0.05) is 6.07 Å². The molecular weight excluding hydrogens is 287 g/mol. The van der Waals surface area contributed by atoms with Crippen LogP contribution in [0.1, 0.15) is 5.56 Å². The number of halogens is 3. The molecule has 0 amide bonds. The number of aromatic nitrogens is 3. The number of alkyl halides is 3. The molecule has 9 heteroatoms. The fraction of sp³-hybridized carbons (Fsp3) is 0.250. The van der Waals surface area contributed by atoms with E-state index < -0.39 is 11.7 Å². The molecule has 1 aromatic carbocycles. The van der Waals surface area contributed by atoms with Crippen LogP contribution in [-0.2, 0) is 6.18 Å². The van der Waals surface area contributed by atoms with Gasteiger partial charge in [-0.05, 0) is 18.2 Å². The Hall–Kier alpha value is -2.58. The van der Waals surface area contributed by atoms with Crippen LogP contribution in [0.4, 0.5) is 25.1 Å². The molecule has 2 N–H and O–H groups in total. The first-order chi connectivity index (χ1) is 9.75. The molecule has 6 nitrogen and oxygen atoms in total. The summed E-state index contributed by atoms with van der Waals surface area (Å²) in [6, 6.07) is 4.22. The zero-order valence-corrected chi connectivity index (χ0v) is 11.2. The third-order valence-electron chi connectivity index (χ3n) is 2.39. The van der Waals surface area contributed by atoms with Crippen molar-refractivity contribution >= 4 is 11.9 Å². The van der Waals surface area contributed by atoms with E-state index in [1.165, 1.54) is 12.1 Å². The molecule has 2 aromatic rings. The van der Waals surface area contributed by atoms with Gasteiger partial charge in [0.15, 0.2) is 0 Å². The lowest BCUT2D eigenvalue weighted by atomic mass is 10.2. The van der Waals surface area contributed by atoms with Gasteiger partial charge in [0, 0.05) is 14.1 Å². The van der Waals surface area contributed by atoms with Crippen molar-refractivity contribution in [3.8, 4) is 11.8 Å². The molecule has 0 fully saturated rings. The molecule has 21 heavy (non-hydrogen) atoms. The molecule has 0 atom stereocenters. The number of nitrogen functional groups attached to an aromatic ring is 1. The molecule has 0 aliphatic carbocycles. The first-order valence-electron chi connectivity index (χ1n) is 5.79. The van der Waals surface area contributed by atoms with Gasteiger partial charge in [0.2, 0.25) is 11.9 Å². The predicted octanol–water partition coefficient (Wildman–Crippen LogP) is 2.33. The smallest absolute Gasteiger partial charge is 0.416 e. The second-order valence-corrected chi connectivity index (χ2v) is 4.30. The zero-order valence-electron chi connectivity index (χ0n) is 11.2. The van der Waals surface area contributed by atoms with E-state index in [2.05, 4.69) is 15.0 Å². The van der Waals surface area contributed by atoms with Crippen molar-refractivity contribution in [3.63, 3.8) is 0 Å². The molecule has 0 aliphatic heterocycles. The minimum absolute atomic E-state index is 0.0415. The Kier molecular flexibility index (Phi) is 3.83. The molecule has 1 heterocycles. The van der Waals surface area contributed by atoms with E-state index in [9.17, 15) is 13.2 Å². The standard InChI is InChI=1S/C12H12F3N5O/c1-20(2)10-17-9(16)18-11(19-10)21-8-5-3-4-7(6-8)12(13,14)15/h3-6H,1-2H3,(H2,16,17,18,19). The highest BCUT2D eigenvalue weighted by molar-refractivity contribution is 5.36. The van der Waals surface area contributed by atoms with Gasteiger partial charge in [-0.2, -0.15) is 28.1 Å². The van der Waals surface area contributed by atoms with Crippen LogP contribution in [0.15, 0.2) is 24.3 Å². The van der Waals surface area contributed by atoms with Crippen LogP contribution in [-0.4, -0.2) is 29.0 Å². The molecule has 1 aromatic heterocycles. The summed E-state index contributed by atoms with van der Waals surface area (Å²) in [7, 11) is 3.37. The third kappa shape index (κ3) is 3.71. The quantitative estimate of drug-likeness (QED) is 0.937. The van der Waals surface area contributed by atoms with Gasteiger partial charge in [0.25, 0.3) is 0 Å². The minimum Gasteiger partial charge on any atom is -0.424 e. The molecule has 0 spiro atoms. The lowest BCUT2D eigenvalue weighted by Crippen LogP contribution is -2.15.